The molecule has 0 heterocycles. The quantitative estimate of drug-likeness (QED) is 0.491. The summed E-state index contributed by atoms with van der Waals surface area (Å²) in [6.07, 6.45) is 1.23. The molecular formula is C25H33ClFN3O5S. The van der Waals surface area contributed by atoms with Crippen molar-refractivity contribution in [2.24, 2.45) is 0 Å². The first-order valence-electron chi connectivity index (χ1n) is 11.3. The van der Waals surface area contributed by atoms with E-state index in [1.807, 2.05) is 20.8 Å². The van der Waals surface area contributed by atoms with E-state index in [4.69, 9.17) is 16.3 Å². The van der Waals surface area contributed by atoms with Gasteiger partial charge in [-0.05, 0) is 63.1 Å². The number of nitrogens with one attached hydrogen (secondary N) is 1. The molecule has 2 aromatic carbocycles. The van der Waals surface area contributed by atoms with Crippen LogP contribution >= 0.6 is 11.6 Å². The molecule has 2 aromatic rings. The number of benzene rings is 2. The van der Waals surface area contributed by atoms with Gasteiger partial charge in [-0.1, -0.05) is 30.7 Å². The zero-order valence-corrected chi connectivity index (χ0v) is 22.9. The van der Waals surface area contributed by atoms with E-state index < -0.39 is 39.9 Å². The summed E-state index contributed by atoms with van der Waals surface area (Å²) in [5, 5.41) is 2.61. The van der Waals surface area contributed by atoms with Crippen molar-refractivity contribution in [3.8, 4) is 5.75 Å². The Kier molecular flexibility index (Phi) is 9.73. The highest BCUT2D eigenvalue weighted by atomic mass is 35.5. The number of hydrogen-bond acceptors (Lipinski definition) is 5. The van der Waals surface area contributed by atoms with E-state index >= 15 is 0 Å². The van der Waals surface area contributed by atoms with Gasteiger partial charge < -0.3 is 15.0 Å². The van der Waals surface area contributed by atoms with E-state index in [1.165, 1.54) is 18.1 Å². The standard InChI is InChI=1S/C25H33ClFN3O5S/c1-7-22(24(32)28-25(2,3)4)29(15-17-9-8-10-19(13-17)35-5)23(31)16-30(36(6,33)34)18-11-12-21(27)20(26)14-18/h8-14,22H,7,15-16H2,1-6H3,(H,28,32)/t22-/m1/s1. The van der Waals surface area contributed by atoms with Gasteiger partial charge in [0.05, 0.1) is 24.1 Å². The number of carbonyl (C=O) groups excluding carboxylic acids is 2. The maximum absolute atomic E-state index is 13.7. The molecule has 0 saturated carbocycles. The van der Waals surface area contributed by atoms with Crippen molar-refractivity contribution >= 4 is 39.1 Å². The molecular weight excluding hydrogens is 509 g/mol. The van der Waals surface area contributed by atoms with E-state index in [-0.39, 0.29) is 23.2 Å². The average Bonchev–Trinajstić information content (AvgIpc) is 2.77. The lowest BCUT2D eigenvalue weighted by molar-refractivity contribution is -0.141. The molecule has 1 N–H and O–H groups in total. The smallest absolute Gasteiger partial charge is 0.244 e. The lowest BCUT2D eigenvalue weighted by Crippen LogP contribution is -2.55. The Balaban J connectivity index is 2.49. The SMILES string of the molecule is CC[C@H](C(=O)NC(C)(C)C)N(Cc1cccc(OC)c1)C(=O)CN(c1ccc(F)c(Cl)c1)S(C)(=O)=O. The maximum Gasteiger partial charge on any atom is 0.244 e. The molecule has 198 valence electrons. The molecule has 0 aliphatic rings. The highest BCUT2D eigenvalue weighted by molar-refractivity contribution is 7.92. The lowest BCUT2D eigenvalue weighted by atomic mass is 10.1. The van der Waals surface area contributed by atoms with Gasteiger partial charge in [-0.2, -0.15) is 0 Å². The van der Waals surface area contributed by atoms with Crippen LogP contribution in [0.5, 0.6) is 5.75 Å². The highest BCUT2D eigenvalue weighted by Crippen LogP contribution is 2.25. The number of hydrogen-bond donors (Lipinski definition) is 1. The summed E-state index contributed by atoms with van der Waals surface area (Å²) in [5.74, 6) is -1.12. The van der Waals surface area contributed by atoms with Crippen LogP contribution in [0.3, 0.4) is 0 Å². The van der Waals surface area contributed by atoms with Gasteiger partial charge in [0, 0.05) is 12.1 Å². The van der Waals surface area contributed by atoms with Gasteiger partial charge in [-0.25, -0.2) is 12.8 Å². The minimum atomic E-state index is -3.96. The largest absolute Gasteiger partial charge is 0.497 e. The summed E-state index contributed by atoms with van der Waals surface area (Å²) in [4.78, 5) is 28.2. The molecule has 2 rings (SSSR count). The molecule has 11 heteroatoms. The summed E-state index contributed by atoms with van der Waals surface area (Å²) >= 11 is 5.86. The van der Waals surface area contributed by atoms with Crippen LogP contribution in [-0.4, -0.2) is 56.6 Å². The predicted octanol–water partition coefficient (Wildman–Crippen LogP) is 3.98. The molecule has 0 aliphatic heterocycles. The summed E-state index contributed by atoms with van der Waals surface area (Å²) < 4.78 is 45.0. The number of nitrogens with zero attached hydrogens (tertiary/aromatic N) is 2. The highest BCUT2D eigenvalue weighted by Gasteiger charge is 2.33. The maximum atomic E-state index is 13.7. The number of sulfonamides is 1. The van der Waals surface area contributed by atoms with Crippen LogP contribution in [-0.2, 0) is 26.2 Å². The topological polar surface area (TPSA) is 96.0 Å². The van der Waals surface area contributed by atoms with Crippen molar-refractivity contribution in [2.75, 3.05) is 24.2 Å². The van der Waals surface area contributed by atoms with Gasteiger partial charge in [0.25, 0.3) is 0 Å². The summed E-state index contributed by atoms with van der Waals surface area (Å²) in [7, 11) is -2.44. The Morgan fingerprint density at radius 3 is 2.36 bits per heavy atom. The molecule has 0 aromatic heterocycles. The fourth-order valence-corrected chi connectivity index (χ4v) is 4.61. The molecule has 0 fully saturated rings. The second kappa shape index (κ2) is 11.9. The van der Waals surface area contributed by atoms with E-state index in [1.54, 1.807) is 31.2 Å². The van der Waals surface area contributed by atoms with Crippen molar-refractivity contribution in [1.82, 2.24) is 10.2 Å². The molecule has 0 spiro atoms. The fraction of sp³-hybridized carbons (Fsp3) is 0.440. The zero-order chi connectivity index (χ0) is 27.3. The Hall–Kier alpha value is -2.85. The van der Waals surface area contributed by atoms with Crippen LogP contribution in [0.2, 0.25) is 5.02 Å². The van der Waals surface area contributed by atoms with Crippen LogP contribution in [0.15, 0.2) is 42.5 Å². The number of anilines is 1. The van der Waals surface area contributed by atoms with Gasteiger partial charge in [0.15, 0.2) is 0 Å². The lowest BCUT2D eigenvalue weighted by Gasteiger charge is -2.34. The molecule has 1 atom stereocenters. The van der Waals surface area contributed by atoms with Gasteiger partial charge >= 0.3 is 0 Å². The number of amides is 2. The number of methoxy groups -OCH3 is 1. The number of carbonyl (C=O) groups is 2. The zero-order valence-electron chi connectivity index (χ0n) is 21.3. The van der Waals surface area contributed by atoms with E-state index in [0.29, 0.717) is 17.7 Å². The number of halogens is 2. The molecule has 8 nitrogen and oxygen atoms in total. The van der Waals surface area contributed by atoms with Crippen LogP contribution in [0.25, 0.3) is 0 Å². The summed E-state index contributed by atoms with van der Waals surface area (Å²) in [5.41, 5.74) is 0.185. The number of ether oxygens (including phenoxy) is 1. The van der Waals surface area contributed by atoms with E-state index in [0.717, 1.165) is 22.7 Å². The first-order chi connectivity index (χ1) is 16.7. The van der Waals surface area contributed by atoms with Crippen molar-refractivity contribution in [3.63, 3.8) is 0 Å². The van der Waals surface area contributed by atoms with Gasteiger partial charge in [0.2, 0.25) is 21.8 Å². The molecule has 0 bridgehead atoms. The molecule has 2 amide bonds. The van der Waals surface area contributed by atoms with Crippen molar-refractivity contribution in [1.29, 1.82) is 0 Å². The van der Waals surface area contributed by atoms with E-state index in [9.17, 15) is 22.4 Å². The second-order valence-corrected chi connectivity index (χ2v) is 11.7. The second-order valence-electron chi connectivity index (χ2n) is 9.40. The molecule has 0 unspecified atom stereocenters. The van der Waals surface area contributed by atoms with Crippen LogP contribution in [0.1, 0.15) is 39.7 Å². The minimum absolute atomic E-state index is 0.0331. The molecule has 36 heavy (non-hydrogen) atoms. The van der Waals surface area contributed by atoms with Gasteiger partial charge in [-0.15, -0.1) is 0 Å². The Morgan fingerprint density at radius 1 is 1.17 bits per heavy atom. The van der Waals surface area contributed by atoms with Crippen molar-refractivity contribution in [2.45, 2.75) is 52.2 Å². The third-order valence-corrected chi connectivity index (χ3v) is 6.67. The van der Waals surface area contributed by atoms with Crippen molar-refractivity contribution < 1.29 is 27.1 Å². The average molecular weight is 542 g/mol. The van der Waals surface area contributed by atoms with Crippen LogP contribution < -0.4 is 14.4 Å². The van der Waals surface area contributed by atoms with Crippen LogP contribution in [0, 0.1) is 5.82 Å². The van der Waals surface area contributed by atoms with Crippen LogP contribution in [0.4, 0.5) is 10.1 Å². The van der Waals surface area contributed by atoms with Gasteiger partial charge in [-0.3, -0.25) is 13.9 Å². The Labute approximate surface area is 217 Å². The fourth-order valence-electron chi connectivity index (χ4n) is 3.59. The third kappa shape index (κ3) is 8.09. The van der Waals surface area contributed by atoms with Gasteiger partial charge in [0.1, 0.15) is 24.2 Å². The van der Waals surface area contributed by atoms with Crippen molar-refractivity contribution in [3.05, 3.63) is 58.9 Å². The monoisotopic (exact) mass is 541 g/mol. The first kappa shape index (κ1) is 29.4. The predicted molar refractivity (Wildman–Crippen MR) is 139 cm³/mol. The summed E-state index contributed by atoms with van der Waals surface area (Å²) in [6.45, 7) is 6.69. The molecule has 0 radical (unpaired) electrons. The minimum Gasteiger partial charge on any atom is -0.497 e. The third-order valence-electron chi connectivity index (χ3n) is 5.24. The Morgan fingerprint density at radius 2 is 1.83 bits per heavy atom. The molecule has 0 aliphatic carbocycles. The number of rotatable bonds is 10. The normalized spacial score (nSPS) is 12.6. The first-order valence-corrected chi connectivity index (χ1v) is 13.6. The van der Waals surface area contributed by atoms with E-state index in [2.05, 4.69) is 5.32 Å². The summed E-state index contributed by atoms with van der Waals surface area (Å²) in [6, 6.07) is 9.56. The Bertz CT molecular complexity index is 1200. The molecule has 0 saturated heterocycles.